The summed E-state index contributed by atoms with van der Waals surface area (Å²) in [6.45, 7) is 9.99. The summed E-state index contributed by atoms with van der Waals surface area (Å²) < 4.78 is 0. The molecule has 0 aromatic rings. The number of nitrogens with zero attached hydrogens (tertiary/aromatic N) is 1. The van der Waals surface area contributed by atoms with E-state index in [4.69, 9.17) is 0 Å². The van der Waals surface area contributed by atoms with E-state index in [0.29, 0.717) is 12.5 Å². The van der Waals surface area contributed by atoms with Crippen LogP contribution in [-0.4, -0.2) is 49.6 Å². The van der Waals surface area contributed by atoms with Crippen LogP contribution >= 0.6 is 24.8 Å². The average Bonchev–Trinajstić information content (AvgIpc) is 2.51. The first kappa shape index (κ1) is 23.0. The molecule has 6 heteroatoms. The number of piperidine rings is 2. The van der Waals surface area contributed by atoms with Gasteiger partial charge in [-0.15, -0.1) is 24.8 Å². The molecule has 0 aliphatic carbocycles. The number of carbonyl (C=O) groups is 1. The number of nitrogens with one attached hydrogen (secondary N) is 2. The molecule has 2 atom stereocenters. The molecule has 2 heterocycles. The minimum absolute atomic E-state index is 0. The molecular weight excluding hydrogens is 333 g/mol. The number of carbonyl (C=O) groups excluding carboxylic acids is 1. The Morgan fingerprint density at radius 3 is 2.61 bits per heavy atom. The highest BCUT2D eigenvalue weighted by atomic mass is 35.5. The molecule has 23 heavy (non-hydrogen) atoms. The number of likely N-dealkylation sites (tertiary alicyclic amines) is 1. The third-order valence-electron chi connectivity index (χ3n) is 5.14. The minimum Gasteiger partial charge on any atom is -0.355 e. The van der Waals surface area contributed by atoms with Crippen molar-refractivity contribution in [1.29, 1.82) is 0 Å². The summed E-state index contributed by atoms with van der Waals surface area (Å²) in [5.41, 5.74) is 0. The van der Waals surface area contributed by atoms with Gasteiger partial charge in [0.25, 0.3) is 0 Å². The second-order valence-corrected chi connectivity index (χ2v) is 7.13. The zero-order valence-corrected chi connectivity index (χ0v) is 16.3. The number of amides is 1. The summed E-state index contributed by atoms with van der Waals surface area (Å²) in [7, 11) is 0. The van der Waals surface area contributed by atoms with Crippen LogP contribution in [0.4, 0.5) is 0 Å². The Balaban J connectivity index is 0.00000242. The molecule has 4 nitrogen and oxygen atoms in total. The van der Waals surface area contributed by atoms with Crippen molar-refractivity contribution >= 4 is 30.7 Å². The summed E-state index contributed by atoms with van der Waals surface area (Å²) >= 11 is 0. The molecule has 2 N–H and O–H groups in total. The maximum atomic E-state index is 12.0. The lowest BCUT2D eigenvalue weighted by molar-refractivity contribution is -0.121. The third-order valence-corrected chi connectivity index (χ3v) is 5.14. The molecule has 0 radical (unpaired) electrons. The second-order valence-electron chi connectivity index (χ2n) is 7.13. The number of halogens is 2. The molecule has 0 saturated carbocycles. The van der Waals surface area contributed by atoms with Crippen LogP contribution in [-0.2, 0) is 4.79 Å². The Morgan fingerprint density at radius 2 is 1.96 bits per heavy atom. The van der Waals surface area contributed by atoms with Crippen LogP contribution in [0, 0.1) is 11.8 Å². The summed E-state index contributed by atoms with van der Waals surface area (Å²) in [5.74, 6) is 1.79. The van der Waals surface area contributed by atoms with Gasteiger partial charge in [0.05, 0.1) is 0 Å². The van der Waals surface area contributed by atoms with Crippen LogP contribution in [0.2, 0.25) is 0 Å². The van der Waals surface area contributed by atoms with Crippen LogP contribution < -0.4 is 10.6 Å². The third kappa shape index (κ3) is 8.57. The maximum absolute atomic E-state index is 12.0. The lowest BCUT2D eigenvalue weighted by Gasteiger charge is -2.35. The van der Waals surface area contributed by atoms with Gasteiger partial charge in [-0.1, -0.05) is 6.92 Å². The van der Waals surface area contributed by atoms with E-state index in [1.165, 1.54) is 38.8 Å². The largest absolute Gasteiger partial charge is 0.355 e. The van der Waals surface area contributed by atoms with E-state index in [2.05, 4.69) is 29.4 Å². The van der Waals surface area contributed by atoms with Crippen LogP contribution in [0.15, 0.2) is 0 Å². The zero-order valence-electron chi connectivity index (χ0n) is 14.7. The number of rotatable bonds is 6. The summed E-state index contributed by atoms with van der Waals surface area (Å²) in [6.07, 6.45) is 6.88. The molecule has 2 unspecified atom stereocenters. The van der Waals surface area contributed by atoms with Crippen molar-refractivity contribution in [3.8, 4) is 0 Å². The fourth-order valence-corrected chi connectivity index (χ4v) is 3.61. The topological polar surface area (TPSA) is 44.4 Å². The Labute approximate surface area is 154 Å². The van der Waals surface area contributed by atoms with Crippen molar-refractivity contribution in [2.45, 2.75) is 58.4 Å². The smallest absolute Gasteiger partial charge is 0.220 e. The highest BCUT2D eigenvalue weighted by Gasteiger charge is 2.21. The van der Waals surface area contributed by atoms with Gasteiger partial charge in [0.15, 0.2) is 0 Å². The van der Waals surface area contributed by atoms with Crippen molar-refractivity contribution in [2.24, 2.45) is 11.8 Å². The van der Waals surface area contributed by atoms with Gasteiger partial charge in [0.1, 0.15) is 0 Å². The highest BCUT2D eigenvalue weighted by molar-refractivity contribution is 5.85. The van der Waals surface area contributed by atoms with Gasteiger partial charge in [0, 0.05) is 25.6 Å². The van der Waals surface area contributed by atoms with Crippen molar-refractivity contribution < 1.29 is 4.79 Å². The standard InChI is InChI=1S/C17H33N3O.2ClH/c1-14-4-3-11-20(13-14)15(2)12-19-17(21)6-5-16-7-9-18-10-8-16;;/h14-16,18H,3-13H2,1-2H3,(H,19,21);2*1H. The molecule has 138 valence electrons. The molecule has 0 aromatic carbocycles. The van der Waals surface area contributed by atoms with Gasteiger partial charge >= 0.3 is 0 Å². The molecule has 1 amide bonds. The van der Waals surface area contributed by atoms with Crippen molar-refractivity contribution in [3.63, 3.8) is 0 Å². The van der Waals surface area contributed by atoms with E-state index in [1.807, 2.05) is 0 Å². The van der Waals surface area contributed by atoms with E-state index in [9.17, 15) is 4.79 Å². The Morgan fingerprint density at radius 1 is 1.26 bits per heavy atom. The predicted octanol–water partition coefficient (Wildman–Crippen LogP) is 2.85. The van der Waals surface area contributed by atoms with E-state index in [-0.39, 0.29) is 30.7 Å². The van der Waals surface area contributed by atoms with Gasteiger partial charge in [-0.3, -0.25) is 9.69 Å². The zero-order chi connectivity index (χ0) is 15.1. The molecule has 2 rings (SSSR count). The van der Waals surface area contributed by atoms with E-state index >= 15 is 0 Å². The number of hydrogen-bond donors (Lipinski definition) is 2. The summed E-state index contributed by atoms with van der Waals surface area (Å²) in [5, 5.41) is 6.51. The average molecular weight is 368 g/mol. The summed E-state index contributed by atoms with van der Waals surface area (Å²) in [6, 6.07) is 0.468. The molecule has 0 spiro atoms. The van der Waals surface area contributed by atoms with E-state index in [1.54, 1.807) is 0 Å². The van der Waals surface area contributed by atoms with Crippen LogP contribution in [0.25, 0.3) is 0 Å². The molecule has 0 aromatic heterocycles. The monoisotopic (exact) mass is 367 g/mol. The summed E-state index contributed by atoms with van der Waals surface area (Å²) in [4.78, 5) is 14.5. The SMILES string of the molecule is CC1CCCN(C(C)CNC(=O)CCC2CCNCC2)C1.Cl.Cl. The lowest BCUT2D eigenvalue weighted by atomic mass is 9.93. The molecule has 2 saturated heterocycles. The van der Waals surface area contributed by atoms with Gasteiger partial charge in [-0.2, -0.15) is 0 Å². The molecular formula is C17H35Cl2N3O. The Hall–Kier alpha value is -0.0300. The highest BCUT2D eigenvalue weighted by Crippen LogP contribution is 2.18. The maximum Gasteiger partial charge on any atom is 0.220 e. The Bertz CT molecular complexity index is 325. The van der Waals surface area contributed by atoms with Gasteiger partial charge < -0.3 is 10.6 Å². The first-order valence-corrected chi connectivity index (χ1v) is 8.86. The molecule has 2 aliphatic heterocycles. The normalized spacial score (nSPS) is 24.2. The lowest BCUT2D eigenvalue weighted by Crippen LogP contribution is -2.46. The van der Waals surface area contributed by atoms with Gasteiger partial charge in [0.2, 0.25) is 5.91 Å². The van der Waals surface area contributed by atoms with Gasteiger partial charge in [-0.05, 0) is 70.5 Å². The van der Waals surface area contributed by atoms with Crippen molar-refractivity contribution in [3.05, 3.63) is 0 Å². The van der Waals surface area contributed by atoms with Crippen LogP contribution in [0.1, 0.15) is 52.4 Å². The second kappa shape index (κ2) is 12.3. The minimum atomic E-state index is 0. The first-order valence-electron chi connectivity index (χ1n) is 8.86. The quantitative estimate of drug-likeness (QED) is 0.758. The van der Waals surface area contributed by atoms with Crippen LogP contribution in [0.5, 0.6) is 0 Å². The van der Waals surface area contributed by atoms with Crippen LogP contribution in [0.3, 0.4) is 0 Å². The first-order chi connectivity index (χ1) is 10.1. The van der Waals surface area contributed by atoms with Crippen molar-refractivity contribution in [1.82, 2.24) is 15.5 Å². The van der Waals surface area contributed by atoms with E-state index in [0.717, 1.165) is 37.9 Å². The van der Waals surface area contributed by atoms with Crippen molar-refractivity contribution in [2.75, 3.05) is 32.7 Å². The molecule has 0 bridgehead atoms. The molecule has 2 aliphatic rings. The Kier molecular flexibility index (Phi) is 12.3. The predicted molar refractivity (Wildman–Crippen MR) is 102 cm³/mol. The molecule has 2 fully saturated rings. The van der Waals surface area contributed by atoms with E-state index < -0.39 is 0 Å². The van der Waals surface area contributed by atoms with Gasteiger partial charge in [-0.25, -0.2) is 0 Å². The fourth-order valence-electron chi connectivity index (χ4n) is 3.61. The number of hydrogen-bond acceptors (Lipinski definition) is 3. The fraction of sp³-hybridized carbons (Fsp3) is 0.941.